The van der Waals surface area contributed by atoms with Crippen molar-refractivity contribution in [2.75, 3.05) is 7.05 Å². The van der Waals surface area contributed by atoms with Crippen LogP contribution in [-0.4, -0.2) is 54.4 Å². The van der Waals surface area contributed by atoms with Crippen LogP contribution in [0.25, 0.3) is 6.08 Å². The maximum Gasteiger partial charge on any atom is 0.246 e. The van der Waals surface area contributed by atoms with Crippen LogP contribution in [-0.2, 0) is 11.8 Å². The number of carbonyl (C=O) groups excluding carboxylic acids is 1. The molecule has 0 unspecified atom stereocenters. The van der Waals surface area contributed by atoms with Gasteiger partial charge in [0, 0.05) is 38.8 Å². The normalized spacial score (nSPS) is 24.4. The van der Waals surface area contributed by atoms with Crippen molar-refractivity contribution in [3.63, 3.8) is 0 Å². The molecule has 0 radical (unpaired) electrons. The van der Waals surface area contributed by atoms with Crippen LogP contribution in [0.4, 0.5) is 0 Å². The summed E-state index contributed by atoms with van der Waals surface area (Å²) in [6.45, 7) is 0. The van der Waals surface area contributed by atoms with E-state index < -0.39 is 6.10 Å². The van der Waals surface area contributed by atoms with Gasteiger partial charge in [-0.3, -0.25) is 9.48 Å². The lowest BCUT2D eigenvalue weighted by Gasteiger charge is -2.28. The minimum atomic E-state index is -0.594. The van der Waals surface area contributed by atoms with Crippen LogP contribution in [0.15, 0.2) is 37.1 Å². The Morgan fingerprint density at radius 1 is 1.43 bits per heavy atom. The number of hydrogen-bond acceptors (Lipinski definition) is 4. The number of rotatable bonds is 4. The third-order valence-electron chi connectivity index (χ3n) is 4.56. The lowest BCUT2D eigenvalue weighted by Crippen LogP contribution is -2.42. The van der Waals surface area contributed by atoms with Crippen molar-refractivity contribution < 1.29 is 9.90 Å². The molecule has 1 amide bonds. The molecule has 122 valence electrons. The highest BCUT2D eigenvalue weighted by molar-refractivity contribution is 5.91. The summed E-state index contributed by atoms with van der Waals surface area (Å²) in [6.07, 6.45) is 11.2. The summed E-state index contributed by atoms with van der Waals surface area (Å²) in [5.41, 5.74) is 0.856. The summed E-state index contributed by atoms with van der Waals surface area (Å²) >= 11 is 0. The number of amides is 1. The minimum absolute atomic E-state index is 0.0289. The average molecular weight is 315 g/mol. The van der Waals surface area contributed by atoms with Crippen molar-refractivity contribution >= 4 is 12.0 Å². The van der Waals surface area contributed by atoms with Crippen LogP contribution >= 0.6 is 0 Å². The lowest BCUT2D eigenvalue weighted by molar-refractivity contribution is -0.128. The van der Waals surface area contributed by atoms with Gasteiger partial charge in [0.25, 0.3) is 0 Å². The van der Waals surface area contributed by atoms with Crippen LogP contribution < -0.4 is 0 Å². The van der Waals surface area contributed by atoms with Crippen molar-refractivity contribution in [3.8, 4) is 0 Å². The van der Waals surface area contributed by atoms with E-state index in [9.17, 15) is 9.90 Å². The third kappa shape index (κ3) is 3.05. The average Bonchev–Trinajstić information content (AvgIpc) is 3.25. The Hall–Kier alpha value is -2.41. The van der Waals surface area contributed by atoms with Gasteiger partial charge in [-0.25, -0.2) is 4.98 Å². The molecule has 0 bridgehead atoms. The Kier molecular flexibility index (Phi) is 4.29. The zero-order chi connectivity index (χ0) is 16.4. The molecule has 0 saturated heterocycles. The van der Waals surface area contributed by atoms with Gasteiger partial charge in [0.15, 0.2) is 0 Å². The number of aryl methyl sites for hydroxylation is 1. The molecule has 3 rings (SSSR count). The van der Waals surface area contributed by atoms with Crippen molar-refractivity contribution in [3.05, 3.63) is 42.8 Å². The fourth-order valence-corrected chi connectivity index (χ4v) is 3.14. The highest BCUT2D eigenvalue weighted by Gasteiger charge is 2.39. The number of aromatic nitrogens is 4. The van der Waals surface area contributed by atoms with Crippen molar-refractivity contribution in [1.29, 1.82) is 0 Å². The highest BCUT2D eigenvalue weighted by Crippen LogP contribution is 2.33. The third-order valence-corrected chi connectivity index (χ3v) is 4.56. The van der Waals surface area contributed by atoms with Crippen LogP contribution in [0, 0.1) is 0 Å². The van der Waals surface area contributed by atoms with Gasteiger partial charge in [-0.15, -0.1) is 0 Å². The summed E-state index contributed by atoms with van der Waals surface area (Å²) in [6, 6.07) is 1.62. The quantitative estimate of drug-likeness (QED) is 0.849. The maximum absolute atomic E-state index is 12.4. The molecule has 7 nitrogen and oxygen atoms in total. The van der Waals surface area contributed by atoms with E-state index in [0.29, 0.717) is 0 Å². The molecule has 2 aromatic heterocycles. The van der Waals surface area contributed by atoms with Crippen molar-refractivity contribution in [2.24, 2.45) is 7.05 Å². The topological polar surface area (TPSA) is 76.2 Å². The first-order valence-electron chi connectivity index (χ1n) is 7.66. The second-order valence-corrected chi connectivity index (χ2v) is 5.87. The molecule has 0 aromatic carbocycles. The van der Waals surface area contributed by atoms with Gasteiger partial charge in [0.2, 0.25) is 5.91 Å². The molecule has 2 aromatic rings. The van der Waals surface area contributed by atoms with E-state index in [-0.39, 0.29) is 18.0 Å². The van der Waals surface area contributed by atoms with E-state index >= 15 is 0 Å². The van der Waals surface area contributed by atoms with Crippen molar-refractivity contribution in [1.82, 2.24) is 24.2 Å². The second kappa shape index (κ2) is 6.37. The van der Waals surface area contributed by atoms with Crippen LogP contribution in [0.5, 0.6) is 0 Å². The van der Waals surface area contributed by atoms with Crippen LogP contribution in [0.3, 0.4) is 0 Å². The minimum Gasteiger partial charge on any atom is -0.389 e. The van der Waals surface area contributed by atoms with E-state index in [2.05, 4.69) is 10.1 Å². The van der Waals surface area contributed by atoms with Crippen LogP contribution in [0.1, 0.15) is 24.6 Å². The van der Waals surface area contributed by atoms with Gasteiger partial charge in [-0.1, -0.05) is 0 Å². The second-order valence-electron chi connectivity index (χ2n) is 5.87. The number of carbonyl (C=O) groups is 1. The fourth-order valence-electron chi connectivity index (χ4n) is 3.14. The first-order chi connectivity index (χ1) is 11.1. The van der Waals surface area contributed by atoms with Gasteiger partial charge in [0.1, 0.15) is 0 Å². The predicted octanol–water partition coefficient (Wildman–Crippen LogP) is 0.853. The van der Waals surface area contributed by atoms with Gasteiger partial charge in [-0.2, -0.15) is 5.10 Å². The zero-order valence-corrected chi connectivity index (χ0v) is 13.3. The molecular formula is C16H21N5O2. The van der Waals surface area contributed by atoms with E-state index in [1.54, 1.807) is 41.4 Å². The molecule has 1 aliphatic carbocycles. The Bertz CT molecular complexity index is 691. The van der Waals surface area contributed by atoms with E-state index in [1.165, 1.54) is 6.08 Å². The smallest absolute Gasteiger partial charge is 0.246 e. The lowest BCUT2D eigenvalue weighted by atomic mass is 10.1. The van der Waals surface area contributed by atoms with E-state index in [0.717, 1.165) is 18.5 Å². The molecular weight excluding hydrogens is 294 g/mol. The fraction of sp³-hybridized carbons (Fsp3) is 0.438. The van der Waals surface area contributed by atoms with Gasteiger partial charge in [0.05, 0.1) is 30.2 Å². The summed E-state index contributed by atoms with van der Waals surface area (Å²) in [7, 11) is 3.56. The van der Waals surface area contributed by atoms with E-state index in [1.807, 2.05) is 23.9 Å². The Morgan fingerprint density at radius 2 is 2.26 bits per heavy atom. The molecule has 3 atom stereocenters. The number of likely N-dealkylation sites (N-methyl/N-ethyl adjacent to an activating group) is 1. The number of imidazole rings is 1. The van der Waals surface area contributed by atoms with Gasteiger partial charge in [-0.05, 0) is 25.0 Å². The predicted molar refractivity (Wildman–Crippen MR) is 85.3 cm³/mol. The summed E-state index contributed by atoms with van der Waals surface area (Å²) in [4.78, 5) is 18.0. The molecule has 1 saturated carbocycles. The SMILES string of the molecule is CN(C(=O)/C=C/c1ccnn1C)[C@@H]1CC[C@@H](n2ccnc2)[C@@H]1O. The maximum atomic E-state index is 12.4. The molecule has 2 heterocycles. The Labute approximate surface area is 134 Å². The number of aliphatic hydroxyl groups is 1. The summed E-state index contributed by atoms with van der Waals surface area (Å²) in [5.74, 6) is -0.124. The summed E-state index contributed by atoms with van der Waals surface area (Å²) < 4.78 is 3.61. The van der Waals surface area contributed by atoms with Crippen molar-refractivity contribution in [2.45, 2.75) is 31.0 Å². The van der Waals surface area contributed by atoms with Gasteiger partial charge < -0.3 is 14.6 Å². The Morgan fingerprint density at radius 3 is 2.91 bits per heavy atom. The van der Waals surface area contributed by atoms with Crippen LogP contribution in [0.2, 0.25) is 0 Å². The number of nitrogens with zero attached hydrogens (tertiary/aromatic N) is 5. The summed E-state index contributed by atoms with van der Waals surface area (Å²) in [5, 5.41) is 14.6. The number of aliphatic hydroxyl groups excluding tert-OH is 1. The highest BCUT2D eigenvalue weighted by atomic mass is 16.3. The molecule has 1 N–H and O–H groups in total. The van der Waals surface area contributed by atoms with Gasteiger partial charge >= 0.3 is 0 Å². The zero-order valence-electron chi connectivity index (χ0n) is 13.3. The first kappa shape index (κ1) is 15.5. The Balaban J connectivity index is 1.66. The monoisotopic (exact) mass is 315 g/mol. The number of hydrogen-bond donors (Lipinski definition) is 1. The molecule has 7 heteroatoms. The molecule has 0 spiro atoms. The first-order valence-corrected chi connectivity index (χ1v) is 7.66. The molecule has 0 aliphatic heterocycles. The van der Waals surface area contributed by atoms with E-state index in [4.69, 9.17) is 0 Å². The molecule has 23 heavy (non-hydrogen) atoms. The largest absolute Gasteiger partial charge is 0.389 e. The standard InChI is InChI=1S/C16H21N5O2/c1-19(15(22)6-3-12-7-8-18-20(12)2)13-4-5-14(16(13)23)21-10-9-17-11-21/h3,6-11,13-14,16,23H,4-5H2,1-2H3/b6-3+/t13-,14-,16-/m1/s1. The molecule has 1 aliphatic rings. The molecule has 1 fully saturated rings.